The van der Waals surface area contributed by atoms with Crippen LogP contribution in [0.25, 0.3) is 0 Å². The zero-order valence-electron chi connectivity index (χ0n) is 47.3. The van der Waals surface area contributed by atoms with Crippen LogP contribution in [-0.2, 0) is 87.2 Å². The Labute approximate surface area is 471 Å². The van der Waals surface area contributed by atoms with Crippen LogP contribution in [-0.4, -0.2) is 225 Å². The first-order valence-electron chi connectivity index (χ1n) is 27.1. The molecule has 2 atom stereocenters. The van der Waals surface area contributed by atoms with Crippen LogP contribution in [0, 0.1) is 17.4 Å². The van der Waals surface area contributed by atoms with Crippen LogP contribution in [0.4, 0.5) is 10.5 Å². The molecule has 5 amide bonds. The third-order valence-corrected chi connectivity index (χ3v) is 12.2. The third kappa shape index (κ3) is 45.9. The second-order valence-electron chi connectivity index (χ2n) is 17.1. The number of ether oxygens (including phenoxy) is 13. The molecule has 78 heavy (non-hydrogen) atoms. The van der Waals surface area contributed by atoms with Crippen LogP contribution in [0.1, 0.15) is 52.0 Å². The zero-order valence-corrected chi connectivity index (χ0v) is 48.4. The number of benzene rings is 1. The number of nitrogens with two attached hydrogens (primary N) is 1. The second-order valence-corrected chi connectivity index (χ2v) is 19.9. The monoisotopic (exact) mass is 1230 g/mol. The number of amides is 5. The van der Waals surface area contributed by atoms with Crippen LogP contribution >= 0.6 is 21.3 Å². The topological polar surface area (TPSA) is 330 Å². The van der Waals surface area contributed by atoms with Crippen molar-refractivity contribution in [2.24, 2.45) is 22.7 Å². The van der Waals surface area contributed by atoms with Gasteiger partial charge in [0.15, 0.2) is 5.78 Å². The van der Waals surface area contributed by atoms with E-state index < -0.39 is 39.3 Å². The van der Waals surface area contributed by atoms with E-state index in [1.807, 2.05) is 32.9 Å². The fourth-order valence-electron chi connectivity index (χ4n) is 6.48. The van der Waals surface area contributed by atoms with Crippen LogP contribution in [0.2, 0.25) is 0 Å². The summed E-state index contributed by atoms with van der Waals surface area (Å²) in [6, 6.07) is 5.63. The Kier molecular flexibility index (Phi) is 48.3. The van der Waals surface area contributed by atoms with Crippen molar-refractivity contribution < 1.29 is 85.6 Å². The molecule has 0 heterocycles. The Hall–Kier alpha value is -3.91. The normalized spacial score (nSPS) is 12.4. The Morgan fingerprint density at radius 1 is 0.628 bits per heavy atom. The SMILES string of the molecule is [2H]I(CC)NC(=O)COCCc1ccc(NC(=O)[C@H](CCCNC(N)=O)CC(=O)[C@@H](NC(=O)CCOCCOCCOCCOCCOCCOCCOCCOCCOCCOCCOCCOCCN=[N+]=N)C(C)C)cc1. The number of rotatable bonds is 57. The number of halogens is 1. The van der Waals surface area contributed by atoms with Crippen LogP contribution in [0.15, 0.2) is 29.4 Å². The molecule has 1 aromatic carbocycles. The first-order valence-corrected chi connectivity index (χ1v) is 29.3. The van der Waals surface area contributed by atoms with E-state index in [1.54, 1.807) is 12.1 Å². The molecule has 0 aromatic heterocycles. The number of ketones is 1. The van der Waals surface area contributed by atoms with E-state index in [-0.39, 0.29) is 75.1 Å². The predicted octanol–water partition coefficient (Wildman–Crippen LogP) is 2.24. The summed E-state index contributed by atoms with van der Waals surface area (Å²) in [7, 11) is 0. The van der Waals surface area contributed by atoms with E-state index >= 15 is 0 Å². The van der Waals surface area contributed by atoms with Gasteiger partial charge in [0.25, 0.3) is 0 Å². The van der Waals surface area contributed by atoms with E-state index in [9.17, 15) is 24.0 Å². The maximum atomic E-state index is 13.6. The molecule has 0 saturated heterocycles. The standard InChI is InChI=1S/C51H91IN8O18/c1-4-52-59-48(63)41-78-15-11-43-7-9-45(10-8-43)57-50(64)44(6-5-13-55-51(53)65)40-46(61)49(42(2)3)58-47(62)12-16-66-18-20-68-22-24-70-26-28-72-30-32-74-34-36-76-38-39-77-37-35-75-33-31-73-29-27-71-25-23-69-21-19-67-17-14-56-60-54/h7-10,42,44,49,52,54H,4-6,11-41H2,1-3H3,(H5-,53,55,57,58,59,62,63,64,65)/p+1/t44-,49+/m1/s1/i52D. The summed E-state index contributed by atoms with van der Waals surface area (Å²) in [4.78, 5) is 66.0. The Morgan fingerprint density at radius 2 is 1.06 bits per heavy atom. The van der Waals surface area contributed by atoms with Gasteiger partial charge in [-0.1, -0.05) is 13.8 Å². The summed E-state index contributed by atoms with van der Waals surface area (Å²) >= 11 is -2.15. The zero-order chi connectivity index (χ0) is 57.7. The molecule has 26 nitrogen and oxygen atoms in total. The first kappa shape index (κ1) is 70.2. The Balaban J connectivity index is 2.07. The van der Waals surface area contributed by atoms with Gasteiger partial charge in [0.1, 0.15) is 17.2 Å². The second kappa shape index (κ2) is 53.7. The number of hydrogen-bond donors (Lipinski definition) is 6. The number of hydrogen-bond acceptors (Lipinski definition) is 20. The number of carbonyl (C=O) groups excluding carboxylic acids is 5. The molecule has 0 aliphatic heterocycles. The summed E-state index contributed by atoms with van der Waals surface area (Å²) in [6.45, 7) is 16.4. The third-order valence-electron chi connectivity index (χ3n) is 10.4. The number of anilines is 1. The van der Waals surface area contributed by atoms with E-state index in [2.05, 4.69) is 29.5 Å². The van der Waals surface area contributed by atoms with E-state index in [0.717, 1.165) is 5.56 Å². The number of nitrogens with zero attached hydrogens (tertiary/aromatic N) is 2. The van der Waals surface area contributed by atoms with Crippen molar-refractivity contribution in [3.05, 3.63) is 29.8 Å². The number of carbonyl (C=O) groups is 5. The van der Waals surface area contributed by atoms with Crippen molar-refractivity contribution in [1.82, 2.24) is 19.1 Å². The molecule has 0 spiro atoms. The number of nitrogens with one attached hydrogen (secondary N) is 5. The molecule has 1 aromatic rings. The minimum atomic E-state index is -2.15. The number of primary amides is 1. The number of Topliss-reactive ketones (excluding diaryl/α,β-unsaturated/α-hetero) is 1. The van der Waals surface area contributed by atoms with Gasteiger partial charge in [0, 0.05) is 25.3 Å². The van der Waals surface area contributed by atoms with Crippen molar-refractivity contribution in [2.45, 2.75) is 58.9 Å². The molecule has 1 rings (SSSR count). The van der Waals surface area contributed by atoms with E-state index in [1.165, 1.54) is 0 Å². The molecular weight excluding hydrogens is 1140 g/mol. The number of urea groups is 1. The van der Waals surface area contributed by atoms with Crippen LogP contribution in [0.5, 0.6) is 0 Å². The summed E-state index contributed by atoms with van der Waals surface area (Å²) in [5.74, 6) is -2.31. The predicted molar refractivity (Wildman–Crippen MR) is 297 cm³/mol. The summed E-state index contributed by atoms with van der Waals surface area (Å²) < 4.78 is 82.3. The summed E-state index contributed by atoms with van der Waals surface area (Å²) in [5.41, 5.74) is 13.2. The van der Waals surface area contributed by atoms with Crippen molar-refractivity contribution in [1.29, 1.82) is 6.12 Å². The molecule has 27 heteroatoms. The molecule has 7 N–H and O–H groups in total. The van der Waals surface area contributed by atoms with Crippen molar-refractivity contribution in [2.75, 3.05) is 195 Å². The molecule has 0 aliphatic rings. The van der Waals surface area contributed by atoms with Crippen LogP contribution < -0.4 is 30.1 Å². The average molecular weight is 1230 g/mol. The van der Waals surface area contributed by atoms with Gasteiger partial charge < -0.3 is 73.2 Å². The van der Waals surface area contributed by atoms with Crippen molar-refractivity contribution in [3.8, 4) is 0 Å². The maximum absolute atomic E-state index is 13.6. The van der Waals surface area contributed by atoms with Gasteiger partial charge >= 0.3 is 125 Å². The van der Waals surface area contributed by atoms with Gasteiger partial charge in [-0.2, -0.15) is 0 Å². The molecule has 0 unspecified atom stereocenters. The van der Waals surface area contributed by atoms with Crippen molar-refractivity contribution >= 4 is 56.5 Å². The van der Waals surface area contributed by atoms with E-state index in [4.69, 9.17) is 73.4 Å². The number of alkyl halides is 1. The fourth-order valence-corrected chi connectivity index (χ4v) is 7.45. The minimum absolute atomic E-state index is 0.0268. The fraction of sp³-hybridized carbons (Fsp3) is 0.784. The first-order chi connectivity index (χ1) is 38.5. The Morgan fingerprint density at radius 3 is 1.47 bits per heavy atom. The van der Waals surface area contributed by atoms with Gasteiger partial charge in [-0.3, -0.25) is 14.4 Å². The molecule has 0 aliphatic carbocycles. The molecule has 450 valence electrons. The summed E-state index contributed by atoms with van der Waals surface area (Å²) in [6.07, 6.45) is 1.11. The summed E-state index contributed by atoms with van der Waals surface area (Å²) in [5, 5.41) is 11.7. The van der Waals surface area contributed by atoms with Crippen molar-refractivity contribution in [3.63, 3.8) is 0 Å². The van der Waals surface area contributed by atoms with Gasteiger partial charge in [0.2, 0.25) is 10.8 Å². The van der Waals surface area contributed by atoms with Gasteiger partial charge in [0.05, 0.1) is 165 Å². The molecule has 0 bridgehead atoms. The van der Waals surface area contributed by atoms with Crippen LogP contribution in [0.3, 0.4) is 0 Å². The molecular formula is C51H92IN8O18+. The molecule has 0 saturated carbocycles. The molecule has 0 radical (unpaired) electrons. The van der Waals surface area contributed by atoms with Gasteiger partial charge in [-0.15, -0.1) is 0 Å². The van der Waals surface area contributed by atoms with Gasteiger partial charge in [-0.25, -0.2) is 4.79 Å². The van der Waals surface area contributed by atoms with Gasteiger partial charge in [-0.05, 0) is 18.8 Å². The average Bonchev–Trinajstić information content (AvgIpc) is 3.43. The van der Waals surface area contributed by atoms with E-state index in [0.29, 0.717) is 181 Å². The Bertz CT molecular complexity index is 1750. The molecule has 0 fully saturated rings. The quantitative estimate of drug-likeness (QED) is 0.0136.